The van der Waals surface area contributed by atoms with Gasteiger partial charge in [0.05, 0.1) is 0 Å². The zero-order valence-electron chi connectivity index (χ0n) is 13.0. The van der Waals surface area contributed by atoms with Crippen LogP contribution in [0.25, 0.3) is 0 Å². The highest BCUT2D eigenvalue weighted by atomic mass is 19.4. The van der Waals surface area contributed by atoms with Gasteiger partial charge in [-0.15, -0.1) is 0 Å². The minimum Gasteiger partial charge on any atom is -0.283 e. The number of aliphatic imine (C=N–C) groups is 2. The lowest BCUT2D eigenvalue weighted by Gasteiger charge is -2.39. The number of nitrogens with zero attached hydrogens (tertiary/aromatic N) is 3. The first kappa shape index (κ1) is 18.2. The number of allylic oxidation sites excluding steroid dienone is 3. The summed E-state index contributed by atoms with van der Waals surface area (Å²) in [5, 5.41) is 0. The van der Waals surface area contributed by atoms with Crippen LogP contribution >= 0.6 is 0 Å². The Balaban J connectivity index is 2.31. The van der Waals surface area contributed by atoms with Crippen LogP contribution in [0.2, 0.25) is 0 Å². The van der Waals surface area contributed by atoms with E-state index >= 15 is 0 Å². The lowest BCUT2D eigenvalue weighted by molar-refractivity contribution is -0.292. The molecule has 2 aliphatic heterocycles. The molecule has 0 fully saturated rings. The molecule has 0 atom stereocenters. The van der Waals surface area contributed by atoms with Crippen LogP contribution in [-0.2, 0) is 0 Å². The van der Waals surface area contributed by atoms with E-state index in [2.05, 4.69) is 9.98 Å². The number of benzene rings is 1. The number of hydrogen-bond donors (Lipinski definition) is 0. The Hall–Kier alpha value is -2.65. The first-order valence-corrected chi connectivity index (χ1v) is 7.20. The van der Waals surface area contributed by atoms with Crippen molar-refractivity contribution in [3.05, 3.63) is 59.6 Å². The molecular formula is C16H10F7N3. The summed E-state index contributed by atoms with van der Waals surface area (Å²) in [6.45, 7) is 1.48. The summed E-state index contributed by atoms with van der Waals surface area (Å²) in [4.78, 5) is 6.98. The maximum atomic E-state index is 13.5. The second kappa shape index (κ2) is 5.68. The zero-order chi connectivity index (χ0) is 19.3. The molecule has 0 spiro atoms. The predicted molar refractivity (Wildman–Crippen MR) is 79.9 cm³/mol. The van der Waals surface area contributed by atoms with Crippen molar-refractivity contribution in [2.75, 3.05) is 0 Å². The zero-order valence-corrected chi connectivity index (χ0v) is 13.0. The van der Waals surface area contributed by atoms with Gasteiger partial charge < -0.3 is 0 Å². The van der Waals surface area contributed by atoms with Gasteiger partial charge >= 0.3 is 18.0 Å². The van der Waals surface area contributed by atoms with Crippen molar-refractivity contribution in [3.8, 4) is 0 Å². The van der Waals surface area contributed by atoms with Crippen LogP contribution in [0.15, 0.2) is 58.2 Å². The predicted octanol–water partition coefficient (Wildman–Crippen LogP) is 4.58. The van der Waals surface area contributed by atoms with Gasteiger partial charge in [0.1, 0.15) is 17.5 Å². The van der Waals surface area contributed by atoms with E-state index in [0.29, 0.717) is 5.70 Å². The number of hydrogen-bond acceptors (Lipinski definition) is 3. The van der Waals surface area contributed by atoms with Crippen LogP contribution in [0.4, 0.5) is 30.7 Å². The van der Waals surface area contributed by atoms with Gasteiger partial charge in [0.2, 0.25) is 0 Å². The van der Waals surface area contributed by atoms with Gasteiger partial charge in [-0.05, 0) is 43.3 Å². The molecule has 138 valence electrons. The minimum absolute atomic E-state index is 0.111. The number of halogens is 7. The van der Waals surface area contributed by atoms with Crippen LogP contribution in [0.5, 0.6) is 0 Å². The maximum Gasteiger partial charge on any atom is 0.443 e. The van der Waals surface area contributed by atoms with E-state index < -0.39 is 35.5 Å². The van der Waals surface area contributed by atoms with Gasteiger partial charge in [-0.2, -0.15) is 26.3 Å². The van der Waals surface area contributed by atoms with Crippen molar-refractivity contribution in [1.29, 1.82) is 0 Å². The Labute approximate surface area is 142 Å². The molecule has 26 heavy (non-hydrogen) atoms. The lowest BCUT2D eigenvalue weighted by Crippen LogP contribution is -2.59. The number of amidine groups is 2. The molecule has 0 aromatic heterocycles. The molecule has 0 amide bonds. The van der Waals surface area contributed by atoms with E-state index in [1.165, 1.54) is 19.1 Å². The first-order valence-electron chi connectivity index (χ1n) is 7.20. The second-order valence-corrected chi connectivity index (χ2v) is 5.58. The van der Waals surface area contributed by atoms with Crippen LogP contribution < -0.4 is 0 Å². The topological polar surface area (TPSA) is 28.0 Å². The Bertz CT molecular complexity index is 828. The molecule has 10 heteroatoms. The van der Waals surface area contributed by atoms with Gasteiger partial charge in [-0.3, -0.25) is 4.90 Å². The summed E-state index contributed by atoms with van der Waals surface area (Å²) < 4.78 is 93.8. The van der Waals surface area contributed by atoms with Gasteiger partial charge in [-0.25, -0.2) is 14.4 Å². The average molecular weight is 377 g/mol. The first-order chi connectivity index (χ1) is 12.0. The smallest absolute Gasteiger partial charge is 0.283 e. The second-order valence-electron chi connectivity index (χ2n) is 5.58. The van der Waals surface area contributed by atoms with Crippen molar-refractivity contribution in [2.45, 2.75) is 24.9 Å². The average Bonchev–Trinajstić information content (AvgIpc) is 2.52. The van der Waals surface area contributed by atoms with E-state index in [1.807, 2.05) is 0 Å². The summed E-state index contributed by atoms with van der Waals surface area (Å²) in [6.07, 6.45) is -7.85. The van der Waals surface area contributed by atoms with Crippen LogP contribution in [0.3, 0.4) is 0 Å². The van der Waals surface area contributed by atoms with E-state index in [9.17, 15) is 30.7 Å². The van der Waals surface area contributed by atoms with E-state index in [1.54, 1.807) is 0 Å². The molecule has 2 aliphatic rings. The fraction of sp³-hybridized carbons (Fsp3) is 0.250. The highest BCUT2D eigenvalue weighted by Gasteiger charge is 2.73. The number of fused-ring (bicyclic) bond motifs is 1. The Morgan fingerprint density at radius 1 is 0.923 bits per heavy atom. The molecule has 3 nitrogen and oxygen atoms in total. The third-order valence-electron chi connectivity index (χ3n) is 3.81. The SMILES string of the molecule is CC1=CC=CC2=NC(C(F)(F)F)(C(F)(F)F)N=C(c3ccc(F)cc3)N12. The summed E-state index contributed by atoms with van der Waals surface area (Å²) in [5.74, 6) is -1.88. The summed E-state index contributed by atoms with van der Waals surface area (Å²) in [6, 6.07) is 3.95. The van der Waals surface area contributed by atoms with Crippen molar-refractivity contribution in [1.82, 2.24) is 4.90 Å². The molecule has 0 N–H and O–H groups in total. The molecular weight excluding hydrogens is 367 g/mol. The van der Waals surface area contributed by atoms with E-state index in [-0.39, 0.29) is 5.56 Å². The summed E-state index contributed by atoms with van der Waals surface area (Å²) in [5.41, 5.74) is -4.44. The molecule has 0 bridgehead atoms. The van der Waals surface area contributed by atoms with Crippen LogP contribution in [-0.4, -0.2) is 34.6 Å². The largest absolute Gasteiger partial charge is 0.443 e. The van der Waals surface area contributed by atoms with Gasteiger partial charge in [0, 0.05) is 11.3 Å². The Morgan fingerprint density at radius 2 is 1.50 bits per heavy atom. The number of rotatable bonds is 1. The molecule has 0 aliphatic carbocycles. The van der Waals surface area contributed by atoms with Crippen molar-refractivity contribution < 1.29 is 30.7 Å². The fourth-order valence-corrected chi connectivity index (χ4v) is 2.57. The Kier molecular flexibility index (Phi) is 3.97. The van der Waals surface area contributed by atoms with Crippen LogP contribution in [0.1, 0.15) is 12.5 Å². The molecule has 0 unspecified atom stereocenters. The minimum atomic E-state index is -5.82. The standard InChI is InChI=1S/C16H10F7N3/c1-9-3-2-4-12-24-14(15(18,19)20,16(21,22)23)25-13(26(9)12)10-5-7-11(17)8-6-10/h2-8H,1H3. The monoisotopic (exact) mass is 377 g/mol. The van der Waals surface area contributed by atoms with E-state index in [0.717, 1.165) is 35.2 Å². The van der Waals surface area contributed by atoms with Gasteiger partial charge in [0.25, 0.3) is 0 Å². The van der Waals surface area contributed by atoms with Gasteiger partial charge in [-0.1, -0.05) is 6.08 Å². The normalized spacial score (nSPS) is 19.5. The highest BCUT2D eigenvalue weighted by Crippen LogP contribution is 2.49. The number of alkyl halides is 6. The summed E-state index contributed by atoms with van der Waals surface area (Å²) >= 11 is 0. The summed E-state index contributed by atoms with van der Waals surface area (Å²) in [7, 11) is 0. The third-order valence-corrected chi connectivity index (χ3v) is 3.81. The van der Waals surface area contributed by atoms with Gasteiger partial charge in [0.15, 0.2) is 0 Å². The molecule has 3 rings (SSSR count). The molecule has 2 heterocycles. The van der Waals surface area contributed by atoms with Crippen molar-refractivity contribution in [3.63, 3.8) is 0 Å². The maximum absolute atomic E-state index is 13.5. The van der Waals surface area contributed by atoms with E-state index in [4.69, 9.17) is 0 Å². The van der Waals surface area contributed by atoms with Crippen LogP contribution in [0, 0.1) is 5.82 Å². The van der Waals surface area contributed by atoms with Crippen molar-refractivity contribution in [2.24, 2.45) is 9.98 Å². The molecule has 0 saturated heterocycles. The lowest BCUT2D eigenvalue weighted by atomic mass is 10.1. The Morgan fingerprint density at radius 3 is 2.04 bits per heavy atom. The molecule has 1 aromatic rings. The molecule has 0 radical (unpaired) electrons. The molecule has 1 aromatic carbocycles. The fourth-order valence-electron chi connectivity index (χ4n) is 2.57. The van der Waals surface area contributed by atoms with Crippen molar-refractivity contribution >= 4 is 11.7 Å². The highest BCUT2D eigenvalue weighted by molar-refractivity contribution is 6.16. The third kappa shape index (κ3) is 2.69. The molecule has 0 saturated carbocycles. The quantitative estimate of drug-likeness (QED) is 0.659.